The quantitative estimate of drug-likeness (QED) is 0.388. The zero-order valence-corrected chi connectivity index (χ0v) is 18.7. The van der Waals surface area contributed by atoms with E-state index >= 15 is 0 Å². The average Bonchev–Trinajstić information content (AvgIpc) is 2.70. The van der Waals surface area contributed by atoms with Gasteiger partial charge in [0.2, 0.25) is 0 Å². The van der Waals surface area contributed by atoms with Gasteiger partial charge in [-0.2, -0.15) is 0 Å². The van der Waals surface area contributed by atoms with Crippen LogP contribution < -0.4 is 9.80 Å². The largest absolute Gasteiger partial charge is 0.307 e. The molecule has 1 N–H and O–H groups in total. The molecule has 0 aliphatic carbocycles. The molecular formula is C22H20Br2N3O+. The minimum Gasteiger partial charge on any atom is -0.307 e. The first-order valence-corrected chi connectivity index (χ1v) is 10.3. The predicted octanol–water partition coefficient (Wildman–Crippen LogP) is 4.99. The fourth-order valence-corrected chi connectivity index (χ4v) is 3.10. The highest BCUT2D eigenvalue weighted by molar-refractivity contribution is 9.10. The van der Waals surface area contributed by atoms with Gasteiger partial charge in [0.1, 0.15) is 12.0 Å². The highest BCUT2D eigenvalue weighted by Crippen LogP contribution is 2.22. The third kappa shape index (κ3) is 5.16. The van der Waals surface area contributed by atoms with Gasteiger partial charge in [-0.25, -0.2) is 4.99 Å². The minimum absolute atomic E-state index is 0.136. The molecule has 1 amide bonds. The summed E-state index contributed by atoms with van der Waals surface area (Å²) in [5.74, 6) is -0.136. The second kappa shape index (κ2) is 9.28. The van der Waals surface area contributed by atoms with Crippen LogP contribution in [0.3, 0.4) is 0 Å². The summed E-state index contributed by atoms with van der Waals surface area (Å²) in [6.07, 6.45) is 1.57. The Bertz CT molecular complexity index is 966. The Kier molecular flexibility index (Phi) is 6.78. The molecule has 0 heterocycles. The van der Waals surface area contributed by atoms with Gasteiger partial charge in [-0.15, -0.1) is 0 Å². The first-order valence-electron chi connectivity index (χ1n) is 8.73. The molecule has 0 aliphatic rings. The Balaban J connectivity index is 1.94. The van der Waals surface area contributed by atoms with E-state index in [2.05, 4.69) is 50.9 Å². The first-order chi connectivity index (χ1) is 13.4. The maximum Gasteiger partial charge on any atom is 0.263 e. The van der Waals surface area contributed by atoms with E-state index in [1.165, 1.54) is 4.90 Å². The monoisotopic (exact) mass is 500 g/mol. The predicted molar refractivity (Wildman–Crippen MR) is 122 cm³/mol. The van der Waals surface area contributed by atoms with Crippen molar-refractivity contribution >= 4 is 61.2 Å². The smallest absolute Gasteiger partial charge is 0.263 e. The standard InChI is InChI=1S/C22H19Br2N3O/c1-26(2)20-11-3-16(4-12-20)22(28)27(21-13-7-18(24)8-14-21)15-25-19-9-5-17(23)6-10-19/h3-15H,1-2H3/p+1. The van der Waals surface area contributed by atoms with Crippen LogP contribution in [0.5, 0.6) is 0 Å². The number of carbonyl (C=O) groups is 1. The third-order valence-electron chi connectivity index (χ3n) is 4.18. The number of quaternary nitrogens is 1. The van der Waals surface area contributed by atoms with E-state index in [4.69, 9.17) is 0 Å². The number of carbonyl (C=O) groups excluding carboxylic acids is 1. The number of nitrogens with one attached hydrogen (secondary N) is 1. The van der Waals surface area contributed by atoms with Gasteiger partial charge < -0.3 is 4.90 Å². The molecule has 142 valence electrons. The van der Waals surface area contributed by atoms with Gasteiger partial charge in [0, 0.05) is 14.5 Å². The molecule has 0 saturated carbocycles. The summed E-state index contributed by atoms with van der Waals surface area (Å²) < 4.78 is 1.93. The van der Waals surface area contributed by atoms with Crippen molar-refractivity contribution in [3.05, 3.63) is 87.3 Å². The molecule has 3 aromatic carbocycles. The molecule has 0 fully saturated rings. The number of hydrogen-bond acceptors (Lipinski definition) is 2. The topological polar surface area (TPSA) is 37.1 Å². The summed E-state index contributed by atoms with van der Waals surface area (Å²) in [6.45, 7) is 0. The molecule has 0 atom stereocenters. The third-order valence-corrected chi connectivity index (χ3v) is 5.24. The Morgan fingerprint density at radius 1 is 0.857 bits per heavy atom. The van der Waals surface area contributed by atoms with Gasteiger partial charge in [-0.05, 0) is 72.8 Å². The summed E-state index contributed by atoms with van der Waals surface area (Å²) in [7, 11) is 4.10. The molecule has 28 heavy (non-hydrogen) atoms. The maximum atomic E-state index is 13.2. The van der Waals surface area contributed by atoms with Crippen LogP contribution in [-0.2, 0) is 0 Å². The van der Waals surface area contributed by atoms with Gasteiger partial charge >= 0.3 is 0 Å². The second-order valence-electron chi connectivity index (χ2n) is 6.45. The van der Waals surface area contributed by atoms with Crippen molar-refractivity contribution in [2.24, 2.45) is 4.99 Å². The number of halogens is 2. The van der Waals surface area contributed by atoms with Gasteiger partial charge in [0.15, 0.2) is 0 Å². The Morgan fingerprint density at radius 3 is 1.93 bits per heavy atom. The second-order valence-corrected chi connectivity index (χ2v) is 8.28. The van der Waals surface area contributed by atoms with Crippen LogP contribution >= 0.6 is 31.9 Å². The van der Waals surface area contributed by atoms with Crippen molar-refractivity contribution < 1.29 is 9.69 Å². The Labute approximate surface area is 181 Å². The van der Waals surface area contributed by atoms with Crippen molar-refractivity contribution in [2.75, 3.05) is 19.0 Å². The van der Waals surface area contributed by atoms with Crippen molar-refractivity contribution in [1.82, 2.24) is 0 Å². The summed E-state index contributed by atoms with van der Waals surface area (Å²) in [4.78, 5) is 20.4. The van der Waals surface area contributed by atoms with Gasteiger partial charge in [0.05, 0.1) is 25.5 Å². The lowest BCUT2D eigenvalue weighted by molar-refractivity contribution is -0.786. The lowest BCUT2D eigenvalue weighted by Gasteiger charge is -2.18. The number of aliphatic imine (C=N–C) groups is 1. The van der Waals surface area contributed by atoms with E-state index in [1.807, 2.05) is 72.8 Å². The van der Waals surface area contributed by atoms with E-state index in [9.17, 15) is 4.79 Å². The lowest BCUT2D eigenvalue weighted by Crippen LogP contribution is -3.00. The zero-order chi connectivity index (χ0) is 20.1. The Hall–Kier alpha value is -2.28. The first kappa shape index (κ1) is 20.5. The van der Waals surface area contributed by atoms with Crippen LogP contribution in [0, 0.1) is 0 Å². The lowest BCUT2D eigenvalue weighted by atomic mass is 10.1. The van der Waals surface area contributed by atoms with E-state index in [0.29, 0.717) is 5.56 Å². The molecule has 4 nitrogen and oxygen atoms in total. The van der Waals surface area contributed by atoms with Crippen LogP contribution in [-0.4, -0.2) is 26.3 Å². The van der Waals surface area contributed by atoms with Crippen molar-refractivity contribution in [2.45, 2.75) is 0 Å². The Morgan fingerprint density at radius 2 is 1.39 bits per heavy atom. The van der Waals surface area contributed by atoms with Crippen LogP contribution in [0.25, 0.3) is 0 Å². The number of anilines is 1. The summed E-state index contributed by atoms with van der Waals surface area (Å²) in [5.41, 5.74) is 3.24. The van der Waals surface area contributed by atoms with Crippen LogP contribution in [0.15, 0.2) is 86.7 Å². The fourth-order valence-electron chi connectivity index (χ4n) is 2.57. The highest BCUT2D eigenvalue weighted by Gasteiger charge is 2.17. The molecule has 3 rings (SSSR count). The van der Waals surface area contributed by atoms with Crippen LogP contribution in [0.2, 0.25) is 0 Å². The number of amides is 1. The fraction of sp³-hybridized carbons (Fsp3) is 0.0909. The van der Waals surface area contributed by atoms with Crippen molar-refractivity contribution in [1.29, 1.82) is 0 Å². The van der Waals surface area contributed by atoms with Crippen molar-refractivity contribution in [3.63, 3.8) is 0 Å². The minimum atomic E-state index is -0.136. The normalized spacial score (nSPS) is 11.2. The molecule has 6 heteroatoms. The molecule has 0 aliphatic heterocycles. The van der Waals surface area contributed by atoms with Gasteiger partial charge in [0.25, 0.3) is 5.91 Å². The number of hydrogen-bond donors (Lipinski definition) is 1. The van der Waals surface area contributed by atoms with Gasteiger partial charge in [-0.3, -0.25) is 9.69 Å². The summed E-state index contributed by atoms with van der Waals surface area (Å²) in [5, 5.41) is 0. The summed E-state index contributed by atoms with van der Waals surface area (Å²) in [6, 6.07) is 22.8. The molecule has 0 unspecified atom stereocenters. The van der Waals surface area contributed by atoms with Gasteiger partial charge in [-0.1, -0.05) is 31.9 Å². The maximum absolute atomic E-state index is 13.2. The molecule has 0 bridgehead atoms. The number of rotatable bonds is 5. The SMILES string of the molecule is C[NH+](C)c1ccc(C(=O)N(C=Nc2ccc(Br)cc2)c2ccc(Br)cc2)cc1. The molecular weight excluding hydrogens is 482 g/mol. The summed E-state index contributed by atoms with van der Waals surface area (Å²) >= 11 is 6.85. The molecule has 0 radical (unpaired) electrons. The van der Waals surface area contributed by atoms with E-state index in [-0.39, 0.29) is 5.91 Å². The highest BCUT2D eigenvalue weighted by atomic mass is 79.9. The van der Waals surface area contributed by atoms with E-state index < -0.39 is 0 Å². The number of nitrogens with zero attached hydrogens (tertiary/aromatic N) is 2. The average molecular weight is 502 g/mol. The van der Waals surface area contributed by atoms with E-state index in [1.54, 1.807) is 11.2 Å². The molecule has 0 saturated heterocycles. The zero-order valence-electron chi connectivity index (χ0n) is 15.6. The molecule has 3 aromatic rings. The molecule has 0 spiro atoms. The van der Waals surface area contributed by atoms with E-state index in [0.717, 1.165) is 26.0 Å². The van der Waals surface area contributed by atoms with Crippen LogP contribution in [0.1, 0.15) is 10.4 Å². The van der Waals surface area contributed by atoms with Crippen molar-refractivity contribution in [3.8, 4) is 0 Å². The number of benzene rings is 3. The molecule has 0 aromatic heterocycles. The van der Waals surface area contributed by atoms with Crippen LogP contribution in [0.4, 0.5) is 17.1 Å².